The maximum atomic E-state index is 12.1. The first kappa shape index (κ1) is 18.1. The number of hydrogen-bond donors (Lipinski definition) is 3. The van der Waals surface area contributed by atoms with Crippen molar-refractivity contribution in [2.24, 2.45) is 0 Å². The third-order valence-corrected chi connectivity index (χ3v) is 5.58. The monoisotopic (exact) mass is 442 g/mol. The van der Waals surface area contributed by atoms with Crippen LogP contribution in [0.5, 0.6) is 0 Å². The van der Waals surface area contributed by atoms with Crippen LogP contribution < -0.4 is 10.0 Å². The number of amides is 1. The second kappa shape index (κ2) is 7.34. The molecule has 1 amide bonds. The molecule has 0 saturated carbocycles. The van der Waals surface area contributed by atoms with Crippen molar-refractivity contribution in [1.29, 1.82) is 0 Å². The van der Waals surface area contributed by atoms with E-state index >= 15 is 0 Å². The Hall–Kier alpha value is -0.970. The molecular weight excluding hydrogens is 432 g/mol. The first-order valence-corrected chi connectivity index (χ1v) is 8.64. The molecule has 10 heteroatoms. The highest BCUT2D eigenvalue weighted by atomic mass is 79.9. The lowest BCUT2D eigenvalue weighted by Gasteiger charge is -2.10. The first-order valence-electron chi connectivity index (χ1n) is 5.57. The zero-order valence-corrected chi connectivity index (χ0v) is 14.8. The van der Waals surface area contributed by atoms with Crippen LogP contribution in [-0.4, -0.2) is 38.5 Å². The van der Waals surface area contributed by atoms with Crippen molar-refractivity contribution in [3.8, 4) is 0 Å². The van der Waals surface area contributed by atoms with E-state index in [0.717, 1.165) is 5.56 Å². The summed E-state index contributed by atoms with van der Waals surface area (Å²) in [6.45, 7) is 0.686. The molecule has 1 aromatic carbocycles. The third-order valence-electron chi connectivity index (χ3n) is 2.36. The van der Waals surface area contributed by atoms with Crippen molar-refractivity contribution in [3.05, 3.63) is 26.6 Å². The third kappa shape index (κ3) is 5.38. The molecule has 0 bridgehead atoms. The molecule has 7 nitrogen and oxygen atoms in total. The average molecular weight is 444 g/mol. The van der Waals surface area contributed by atoms with Gasteiger partial charge in [-0.2, -0.15) is 0 Å². The van der Waals surface area contributed by atoms with Gasteiger partial charge in [-0.25, -0.2) is 13.1 Å². The van der Waals surface area contributed by atoms with Gasteiger partial charge in [0.2, 0.25) is 15.9 Å². The summed E-state index contributed by atoms with van der Waals surface area (Å²) < 4.78 is 27.3. The predicted octanol–water partition coefficient (Wildman–Crippen LogP) is 0.999. The second-order valence-electron chi connectivity index (χ2n) is 4.03. The van der Waals surface area contributed by atoms with Crippen LogP contribution in [0.4, 0.5) is 0 Å². The molecule has 0 aliphatic heterocycles. The fourth-order valence-electron chi connectivity index (χ4n) is 1.31. The van der Waals surface area contributed by atoms with Crippen molar-refractivity contribution in [2.75, 3.05) is 13.1 Å². The van der Waals surface area contributed by atoms with E-state index in [4.69, 9.17) is 5.11 Å². The zero-order chi connectivity index (χ0) is 16.2. The van der Waals surface area contributed by atoms with Crippen LogP contribution >= 0.6 is 31.9 Å². The zero-order valence-electron chi connectivity index (χ0n) is 10.8. The molecule has 116 valence electrons. The second-order valence-corrected chi connectivity index (χ2v) is 7.47. The van der Waals surface area contributed by atoms with Gasteiger partial charge in [0.15, 0.2) is 0 Å². The van der Waals surface area contributed by atoms with Gasteiger partial charge in [-0.1, -0.05) is 15.9 Å². The van der Waals surface area contributed by atoms with Gasteiger partial charge in [0.05, 0.1) is 11.4 Å². The number of halogens is 2. The van der Waals surface area contributed by atoms with E-state index in [-0.39, 0.29) is 4.90 Å². The van der Waals surface area contributed by atoms with Crippen molar-refractivity contribution < 1.29 is 23.1 Å². The number of carbonyl (C=O) groups excluding carboxylic acids is 1. The van der Waals surface area contributed by atoms with Crippen LogP contribution in [0.15, 0.2) is 26.0 Å². The summed E-state index contributed by atoms with van der Waals surface area (Å²) >= 11 is 6.39. The summed E-state index contributed by atoms with van der Waals surface area (Å²) in [5.41, 5.74) is 0.847. The number of hydrogen-bond acceptors (Lipinski definition) is 4. The number of carbonyl (C=O) groups is 2. The molecule has 0 spiro atoms. The standard InChI is InChI=1S/C11H12Br2N2O5S/c1-6-2-8(13)9(3-7(6)12)21(19,20)15-4-10(16)14-5-11(17)18/h2-3,15H,4-5H2,1H3,(H,14,16)(H,17,18). The van der Waals surface area contributed by atoms with Crippen LogP contribution in [0, 0.1) is 6.92 Å². The number of aliphatic carboxylic acids is 1. The van der Waals surface area contributed by atoms with Gasteiger partial charge in [-0.3, -0.25) is 9.59 Å². The highest BCUT2D eigenvalue weighted by molar-refractivity contribution is 9.11. The lowest BCUT2D eigenvalue weighted by atomic mass is 10.2. The van der Waals surface area contributed by atoms with E-state index in [2.05, 4.69) is 41.9 Å². The number of aryl methyl sites for hydroxylation is 1. The van der Waals surface area contributed by atoms with Crippen molar-refractivity contribution in [2.45, 2.75) is 11.8 Å². The minimum absolute atomic E-state index is 0.0222. The molecule has 0 saturated heterocycles. The van der Waals surface area contributed by atoms with Crippen LogP contribution in [0.3, 0.4) is 0 Å². The fraction of sp³-hybridized carbons (Fsp3) is 0.273. The van der Waals surface area contributed by atoms with Crippen molar-refractivity contribution in [1.82, 2.24) is 10.0 Å². The van der Waals surface area contributed by atoms with Gasteiger partial charge in [0, 0.05) is 8.95 Å². The number of nitrogens with one attached hydrogen (secondary N) is 2. The number of carboxylic acids is 1. The van der Waals surface area contributed by atoms with E-state index in [1.807, 2.05) is 0 Å². The maximum absolute atomic E-state index is 12.1. The molecule has 0 heterocycles. The molecule has 0 aromatic heterocycles. The van der Waals surface area contributed by atoms with E-state index in [1.54, 1.807) is 13.0 Å². The van der Waals surface area contributed by atoms with Gasteiger partial charge in [-0.05, 0) is 40.5 Å². The summed E-state index contributed by atoms with van der Waals surface area (Å²) in [7, 11) is -3.90. The smallest absolute Gasteiger partial charge is 0.322 e. The topological polar surface area (TPSA) is 113 Å². The van der Waals surface area contributed by atoms with Crippen LogP contribution in [0.1, 0.15) is 5.56 Å². The normalized spacial score (nSPS) is 11.2. The summed E-state index contributed by atoms with van der Waals surface area (Å²) in [4.78, 5) is 21.6. The highest BCUT2D eigenvalue weighted by Gasteiger charge is 2.20. The van der Waals surface area contributed by atoms with Crippen LogP contribution in [-0.2, 0) is 19.6 Å². The first-order chi connectivity index (χ1) is 9.63. The highest BCUT2D eigenvalue weighted by Crippen LogP contribution is 2.28. The molecule has 1 aromatic rings. The molecule has 21 heavy (non-hydrogen) atoms. The Kier molecular flexibility index (Phi) is 6.32. The Balaban J connectivity index is 2.81. The molecule has 0 aliphatic rings. The molecule has 0 fully saturated rings. The number of rotatable bonds is 6. The van der Waals surface area contributed by atoms with Gasteiger partial charge < -0.3 is 10.4 Å². The SMILES string of the molecule is Cc1cc(Br)c(S(=O)(=O)NCC(=O)NCC(=O)O)cc1Br. The Labute approximate surface area is 138 Å². The van der Waals surface area contributed by atoms with Gasteiger partial charge in [0.1, 0.15) is 6.54 Å². The molecule has 0 atom stereocenters. The number of sulfonamides is 1. The quantitative estimate of drug-likeness (QED) is 0.607. The van der Waals surface area contributed by atoms with E-state index in [1.165, 1.54) is 6.07 Å². The van der Waals surface area contributed by atoms with E-state index < -0.39 is 35.0 Å². The van der Waals surface area contributed by atoms with Gasteiger partial charge in [-0.15, -0.1) is 0 Å². The Morgan fingerprint density at radius 2 is 1.81 bits per heavy atom. The lowest BCUT2D eigenvalue weighted by molar-refractivity contribution is -0.137. The minimum atomic E-state index is -3.90. The van der Waals surface area contributed by atoms with E-state index in [9.17, 15) is 18.0 Å². The van der Waals surface area contributed by atoms with E-state index in [0.29, 0.717) is 8.95 Å². The van der Waals surface area contributed by atoms with Crippen LogP contribution in [0.2, 0.25) is 0 Å². The maximum Gasteiger partial charge on any atom is 0.322 e. The molecule has 0 radical (unpaired) electrons. The molecular formula is C11H12Br2N2O5S. The lowest BCUT2D eigenvalue weighted by Crippen LogP contribution is -2.39. The Morgan fingerprint density at radius 3 is 2.38 bits per heavy atom. The minimum Gasteiger partial charge on any atom is -0.480 e. The van der Waals surface area contributed by atoms with Gasteiger partial charge >= 0.3 is 5.97 Å². The summed E-state index contributed by atoms with van der Waals surface area (Å²) in [5, 5.41) is 10.5. The average Bonchev–Trinajstić information content (AvgIpc) is 2.38. The largest absolute Gasteiger partial charge is 0.480 e. The Bertz CT molecular complexity index is 675. The number of carboxylic acid groups (broad SMARTS) is 1. The molecule has 3 N–H and O–H groups in total. The molecule has 1 rings (SSSR count). The van der Waals surface area contributed by atoms with Crippen molar-refractivity contribution >= 4 is 53.8 Å². The Morgan fingerprint density at radius 1 is 1.19 bits per heavy atom. The summed E-state index contributed by atoms with van der Waals surface area (Å²) in [5.74, 6) is -1.94. The van der Waals surface area contributed by atoms with Crippen LogP contribution in [0.25, 0.3) is 0 Å². The van der Waals surface area contributed by atoms with Crippen molar-refractivity contribution in [3.63, 3.8) is 0 Å². The molecule has 0 unspecified atom stereocenters. The summed E-state index contributed by atoms with van der Waals surface area (Å²) in [6, 6.07) is 3.04. The van der Waals surface area contributed by atoms with Gasteiger partial charge in [0.25, 0.3) is 0 Å². The fourth-order valence-corrected chi connectivity index (χ4v) is 3.97. The molecule has 0 aliphatic carbocycles. The summed E-state index contributed by atoms with van der Waals surface area (Å²) in [6.07, 6.45) is 0. The predicted molar refractivity (Wildman–Crippen MR) is 82.4 cm³/mol. The number of benzene rings is 1.